The topological polar surface area (TPSA) is 42.8 Å². The second-order valence-electron chi connectivity index (χ2n) is 6.00. The molecule has 0 bridgehead atoms. The Labute approximate surface area is 174 Å². The zero-order valence-electron chi connectivity index (χ0n) is 15.4. The fraction of sp³-hybridized carbons (Fsp3) is 0.136. The maximum atomic E-state index is 6.18. The Kier molecular flexibility index (Phi) is 7.18. The van der Waals surface area contributed by atoms with Crippen molar-refractivity contribution in [3.63, 3.8) is 0 Å². The lowest BCUT2D eigenvalue weighted by Crippen LogP contribution is -2.06. The monoisotopic (exact) mass is 414 g/mol. The highest BCUT2D eigenvalue weighted by Gasteiger charge is 2.03. The second-order valence-corrected chi connectivity index (χ2v) is 6.85. The lowest BCUT2D eigenvalue weighted by Gasteiger charge is -2.09. The highest BCUT2D eigenvalue weighted by atomic mass is 35.5. The molecule has 1 N–H and O–H groups in total. The van der Waals surface area contributed by atoms with Gasteiger partial charge in [0.1, 0.15) is 18.1 Å². The van der Waals surface area contributed by atoms with Crippen molar-refractivity contribution >= 4 is 29.4 Å². The number of nitrogens with zero attached hydrogens (tertiary/aromatic N) is 1. The SMILES string of the molecule is COc1ccccc1CN/N=C\c1cccc(OCc2ccc(Cl)cc2Cl)c1. The molecule has 0 aliphatic carbocycles. The van der Waals surface area contributed by atoms with Crippen LogP contribution in [0.5, 0.6) is 11.5 Å². The van der Waals surface area contributed by atoms with Gasteiger partial charge < -0.3 is 14.9 Å². The zero-order chi connectivity index (χ0) is 19.8. The second kappa shape index (κ2) is 10.0. The van der Waals surface area contributed by atoms with Crippen molar-refractivity contribution in [1.29, 1.82) is 0 Å². The summed E-state index contributed by atoms with van der Waals surface area (Å²) in [5.74, 6) is 1.57. The van der Waals surface area contributed by atoms with Crippen LogP contribution >= 0.6 is 23.2 Å². The van der Waals surface area contributed by atoms with Gasteiger partial charge in [0.15, 0.2) is 0 Å². The third-order valence-corrected chi connectivity index (χ3v) is 4.62. The first-order valence-electron chi connectivity index (χ1n) is 8.70. The fourth-order valence-corrected chi connectivity index (χ4v) is 3.05. The summed E-state index contributed by atoms with van der Waals surface area (Å²) in [4.78, 5) is 0. The van der Waals surface area contributed by atoms with Crippen molar-refractivity contribution in [1.82, 2.24) is 5.43 Å². The summed E-state index contributed by atoms with van der Waals surface area (Å²) in [6, 6.07) is 20.9. The van der Waals surface area contributed by atoms with E-state index in [4.69, 9.17) is 32.7 Å². The highest BCUT2D eigenvalue weighted by molar-refractivity contribution is 6.35. The van der Waals surface area contributed by atoms with E-state index < -0.39 is 0 Å². The molecule has 6 heteroatoms. The first-order valence-corrected chi connectivity index (χ1v) is 9.46. The highest BCUT2D eigenvalue weighted by Crippen LogP contribution is 2.23. The van der Waals surface area contributed by atoms with Crippen LogP contribution in [0.25, 0.3) is 0 Å². The molecule has 4 nitrogen and oxygen atoms in total. The van der Waals surface area contributed by atoms with Crippen LogP contribution in [0, 0.1) is 0 Å². The van der Waals surface area contributed by atoms with Crippen LogP contribution in [0.4, 0.5) is 0 Å². The molecular weight excluding hydrogens is 395 g/mol. The van der Waals surface area contributed by atoms with Crippen LogP contribution in [-0.4, -0.2) is 13.3 Å². The number of hydrazone groups is 1. The van der Waals surface area contributed by atoms with Crippen LogP contribution < -0.4 is 14.9 Å². The van der Waals surface area contributed by atoms with E-state index in [1.54, 1.807) is 25.5 Å². The van der Waals surface area contributed by atoms with E-state index in [0.29, 0.717) is 23.2 Å². The third kappa shape index (κ3) is 5.65. The number of hydrogen-bond donors (Lipinski definition) is 1. The number of halogens is 2. The molecule has 0 fully saturated rings. The molecule has 0 heterocycles. The first kappa shape index (κ1) is 20.1. The number of nitrogens with one attached hydrogen (secondary N) is 1. The molecule has 144 valence electrons. The van der Waals surface area contributed by atoms with Gasteiger partial charge in [-0.15, -0.1) is 0 Å². The maximum Gasteiger partial charge on any atom is 0.123 e. The smallest absolute Gasteiger partial charge is 0.123 e. The minimum Gasteiger partial charge on any atom is -0.496 e. The molecule has 0 amide bonds. The van der Waals surface area contributed by atoms with Crippen molar-refractivity contribution in [2.75, 3.05) is 7.11 Å². The van der Waals surface area contributed by atoms with Crippen molar-refractivity contribution in [3.05, 3.63) is 93.5 Å². The van der Waals surface area contributed by atoms with E-state index in [0.717, 1.165) is 28.2 Å². The van der Waals surface area contributed by atoms with E-state index in [1.165, 1.54) is 0 Å². The van der Waals surface area contributed by atoms with E-state index in [9.17, 15) is 0 Å². The summed E-state index contributed by atoms with van der Waals surface area (Å²) < 4.78 is 11.2. The van der Waals surface area contributed by atoms with Gasteiger partial charge in [-0.3, -0.25) is 0 Å². The first-order chi connectivity index (χ1) is 13.7. The van der Waals surface area contributed by atoms with Crippen LogP contribution in [-0.2, 0) is 13.2 Å². The van der Waals surface area contributed by atoms with Crippen molar-refractivity contribution in [3.8, 4) is 11.5 Å². The maximum absolute atomic E-state index is 6.18. The van der Waals surface area contributed by atoms with Crippen molar-refractivity contribution in [2.24, 2.45) is 5.10 Å². The van der Waals surface area contributed by atoms with Gasteiger partial charge in [0, 0.05) is 21.2 Å². The molecule has 0 atom stereocenters. The average Bonchev–Trinajstić information content (AvgIpc) is 2.71. The van der Waals surface area contributed by atoms with Gasteiger partial charge in [-0.2, -0.15) is 5.10 Å². The number of hydrogen-bond acceptors (Lipinski definition) is 4. The largest absolute Gasteiger partial charge is 0.496 e. The molecular formula is C22H20Cl2N2O2. The van der Waals surface area contributed by atoms with E-state index in [-0.39, 0.29) is 0 Å². The number of benzene rings is 3. The summed E-state index contributed by atoms with van der Waals surface area (Å²) in [7, 11) is 1.66. The number of methoxy groups -OCH3 is 1. The molecule has 3 aromatic rings. The summed E-state index contributed by atoms with van der Waals surface area (Å²) in [6.45, 7) is 0.939. The van der Waals surface area contributed by atoms with Crippen molar-refractivity contribution < 1.29 is 9.47 Å². The molecule has 28 heavy (non-hydrogen) atoms. The van der Waals surface area contributed by atoms with Gasteiger partial charge in [-0.1, -0.05) is 59.6 Å². The Morgan fingerprint density at radius 3 is 2.64 bits per heavy atom. The van der Waals surface area contributed by atoms with Gasteiger partial charge >= 0.3 is 0 Å². The normalized spacial score (nSPS) is 10.8. The van der Waals surface area contributed by atoms with E-state index in [1.807, 2.05) is 54.6 Å². The summed E-state index contributed by atoms with van der Waals surface area (Å²) in [5.41, 5.74) is 5.88. The Bertz CT molecular complexity index is 961. The van der Waals surface area contributed by atoms with E-state index >= 15 is 0 Å². The molecule has 0 saturated heterocycles. The van der Waals surface area contributed by atoms with Crippen LogP contribution in [0.15, 0.2) is 71.8 Å². The molecule has 0 aliphatic rings. The molecule has 0 radical (unpaired) electrons. The molecule has 3 rings (SSSR count). The van der Waals surface area contributed by atoms with Crippen LogP contribution in [0.1, 0.15) is 16.7 Å². The van der Waals surface area contributed by atoms with Gasteiger partial charge in [0.25, 0.3) is 0 Å². The minimum atomic E-state index is 0.364. The van der Waals surface area contributed by atoms with Gasteiger partial charge in [-0.05, 0) is 35.9 Å². The molecule has 0 unspecified atom stereocenters. The summed E-state index contributed by atoms with van der Waals surface area (Å²) in [6.07, 6.45) is 1.75. The predicted molar refractivity (Wildman–Crippen MR) is 115 cm³/mol. The minimum absolute atomic E-state index is 0.364. The molecule has 0 aliphatic heterocycles. The van der Waals surface area contributed by atoms with Crippen LogP contribution in [0.3, 0.4) is 0 Å². The quantitative estimate of drug-likeness (QED) is 0.379. The standard InChI is InChI=1S/C22H20Cl2N2O2/c1-27-22-8-3-2-6-17(22)14-26-25-13-16-5-4-7-20(11-16)28-15-18-9-10-19(23)12-21(18)24/h2-13,26H,14-15H2,1H3/b25-13-. The fourth-order valence-electron chi connectivity index (χ4n) is 2.58. The zero-order valence-corrected chi connectivity index (χ0v) is 16.9. The Morgan fingerprint density at radius 1 is 0.964 bits per heavy atom. The molecule has 0 aromatic heterocycles. The van der Waals surface area contributed by atoms with Crippen LogP contribution in [0.2, 0.25) is 10.0 Å². The Hall–Kier alpha value is -2.69. The van der Waals surface area contributed by atoms with Gasteiger partial charge in [0.05, 0.1) is 19.9 Å². The molecule has 3 aromatic carbocycles. The van der Waals surface area contributed by atoms with Gasteiger partial charge in [0.2, 0.25) is 0 Å². The van der Waals surface area contributed by atoms with Gasteiger partial charge in [-0.25, -0.2) is 0 Å². The molecule has 0 saturated carbocycles. The lowest BCUT2D eigenvalue weighted by atomic mass is 10.2. The predicted octanol–water partition coefficient (Wildman–Crippen LogP) is 5.70. The Morgan fingerprint density at radius 2 is 1.82 bits per heavy atom. The van der Waals surface area contributed by atoms with Crippen molar-refractivity contribution in [2.45, 2.75) is 13.2 Å². The summed E-state index contributed by atoms with van der Waals surface area (Å²) >= 11 is 12.1. The average molecular weight is 415 g/mol. The van der Waals surface area contributed by atoms with E-state index in [2.05, 4.69) is 10.5 Å². The Balaban J connectivity index is 1.56. The number of ether oxygens (including phenoxy) is 2. The number of rotatable bonds is 8. The number of para-hydroxylation sites is 1. The lowest BCUT2D eigenvalue weighted by molar-refractivity contribution is 0.306. The third-order valence-electron chi connectivity index (χ3n) is 4.03. The summed E-state index contributed by atoms with van der Waals surface area (Å²) in [5, 5.41) is 5.47. The molecule has 0 spiro atoms.